The van der Waals surface area contributed by atoms with Gasteiger partial charge in [0.05, 0.1) is 10.0 Å². The Bertz CT molecular complexity index is 487. The lowest BCUT2D eigenvalue weighted by Gasteiger charge is -2.38. The third-order valence-electron chi connectivity index (χ3n) is 4.70. The second-order valence-electron chi connectivity index (χ2n) is 6.64. The normalized spacial score (nSPS) is 26.3. The largest absolute Gasteiger partial charge is 0.310 e. The fourth-order valence-corrected chi connectivity index (χ4v) is 4.08. The molecule has 118 valence electrons. The molecule has 3 atom stereocenters. The Kier molecular flexibility index (Phi) is 6.25. The highest BCUT2D eigenvalue weighted by atomic mass is 35.5. The lowest BCUT2D eigenvalue weighted by molar-refractivity contribution is 0.169. The smallest absolute Gasteiger partial charge is 0.0652 e. The van der Waals surface area contributed by atoms with Crippen molar-refractivity contribution in [2.24, 2.45) is 17.8 Å². The van der Waals surface area contributed by atoms with Crippen LogP contribution in [0.5, 0.6) is 0 Å². The van der Waals surface area contributed by atoms with Crippen molar-refractivity contribution in [3.8, 4) is 0 Å². The highest BCUT2D eigenvalue weighted by Crippen LogP contribution is 2.35. The van der Waals surface area contributed by atoms with Crippen LogP contribution in [0.2, 0.25) is 15.1 Å². The van der Waals surface area contributed by atoms with E-state index < -0.39 is 0 Å². The lowest BCUT2D eigenvalue weighted by atomic mass is 9.74. The van der Waals surface area contributed by atoms with Crippen LogP contribution < -0.4 is 5.32 Å². The van der Waals surface area contributed by atoms with Crippen LogP contribution in [0, 0.1) is 17.8 Å². The quantitative estimate of drug-likeness (QED) is 0.639. The molecule has 0 spiro atoms. The zero-order valence-electron chi connectivity index (χ0n) is 12.9. The van der Waals surface area contributed by atoms with E-state index in [9.17, 15) is 0 Å². The third-order valence-corrected chi connectivity index (χ3v) is 5.90. The molecule has 0 radical (unpaired) electrons. The fraction of sp³-hybridized carbons (Fsp3) is 0.647. The van der Waals surface area contributed by atoms with E-state index in [-0.39, 0.29) is 0 Å². The van der Waals surface area contributed by atoms with Crippen molar-refractivity contribution in [3.05, 3.63) is 32.8 Å². The van der Waals surface area contributed by atoms with Crippen molar-refractivity contribution in [1.29, 1.82) is 0 Å². The van der Waals surface area contributed by atoms with Crippen LogP contribution in [0.4, 0.5) is 0 Å². The number of rotatable bonds is 4. The van der Waals surface area contributed by atoms with Crippen LogP contribution in [0.15, 0.2) is 12.1 Å². The van der Waals surface area contributed by atoms with Gasteiger partial charge in [0, 0.05) is 23.2 Å². The Morgan fingerprint density at radius 3 is 2.48 bits per heavy atom. The molecule has 1 fully saturated rings. The van der Waals surface area contributed by atoms with Gasteiger partial charge in [0.1, 0.15) is 0 Å². The predicted octanol–water partition coefficient (Wildman–Crippen LogP) is 6.20. The van der Waals surface area contributed by atoms with E-state index >= 15 is 0 Å². The van der Waals surface area contributed by atoms with E-state index in [4.69, 9.17) is 34.8 Å². The summed E-state index contributed by atoms with van der Waals surface area (Å²) < 4.78 is 0. The number of halogens is 3. The predicted molar refractivity (Wildman–Crippen MR) is 93.4 cm³/mol. The van der Waals surface area contributed by atoms with Gasteiger partial charge in [0.2, 0.25) is 0 Å². The highest BCUT2D eigenvalue weighted by molar-refractivity contribution is 6.44. The summed E-state index contributed by atoms with van der Waals surface area (Å²) in [5, 5.41) is 5.50. The molecule has 2 rings (SSSR count). The summed E-state index contributed by atoms with van der Waals surface area (Å²) in [7, 11) is 0. The molecule has 3 unspecified atom stereocenters. The first-order valence-corrected chi connectivity index (χ1v) is 8.89. The molecule has 0 heterocycles. The van der Waals surface area contributed by atoms with Gasteiger partial charge in [-0.05, 0) is 42.7 Å². The standard InChI is InChI=1S/C17H24Cl3N/c1-10(2)12-5-4-11(3)8-16(12)21-9-13-14(18)6-7-15(19)17(13)20/h6-7,10-12,16,21H,4-5,8-9H2,1-3H3. The van der Waals surface area contributed by atoms with Crippen LogP contribution in [-0.2, 0) is 6.54 Å². The van der Waals surface area contributed by atoms with Gasteiger partial charge in [-0.2, -0.15) is 0 Å². The summed E-state index contributed by atoms with van der Waals surface area (Å²) >= 11 is 18.6. The van der Waals surface area contributed by atoms with E-state index in [2.05, 4.69) is 26.1 Å². The Morgan fingerprint density at radius 1 is 1.14 bits per heavy atom. The fourth-order valence-electron chi connectivity index (χ4n) is 3.40. The minimum atomic E-state index is 0.528. The van der Waals surface area contributed by atoms with E-state index in [1.165, 1.54) is 19.3 Å². The van der Waals surface area contributed by atoms with Gasteiger partial charge in [-0.25, -0.2) is 0 Å². The van der Waals surface area contributed by atoms with Crippen LogP contribution >= 0.6 is 34.8 Å². The van der Waals surface area contributed by atoms with Crippen LogP contribution in [0.3, 0.4) is 0 Å². The minimum Gasteiger partial charge on any atom is -0.310 e. The lowest BCUT2D eigenvalue weighted by Crippen LogP contribution is -2.42. The zero-order chi connectivity index (χ0) is 15.6. The van der Waals surface area contributed by atoms with Crippen molar-refractivity contribution in [2.45, 2.75) is 52.6 Å². The second kappa shape index (κ2) is 7.55. The third kappa shape index (κ3) is 4.28. The topological polar surface area (TPSA) is 12.0 Å². The molecule has 1 aromatic rings. The number of benzene rings is 1. The summed E-state index contributed by atoms with van der Waals surface area (Å²) in [5.41, 5.74) is 0.909. The van der Waals surface area contributed by atoms with Gasteiger partial charge in [-0.3, -0.25) is 0 Å². The average Bonchev–Trinajstić information content (AvgIpc) is 2.43. The molecule has 4 heteroatoms. The minimum absolute atomic E-state index is 0.528. The molecule has 1 aliphatic carbocycles. The molecule has 1 aliphatic rings. The molecule has 0 amide bonds. The van der Waals surface area contributed by atoms with Gasteiger partial charge >= 0.3 is 0 Å². The van der Waals surface area contributed by atoms with E-state index in [1.807, 2.05) is 6.07 Å². The van der Waals surface area contributed by atoms with Crippen molar-refractivity contribution in [1.82, 2.24) is 5.32 Å². The number of nitrogens with one attached hydrogen (secondary N) is 1. The average molecular weight is 349 g/mol. The monoisotopic (exact) mass is 347 g/mol. The molecule has 21 heavy (non-hydrogen) atoms. The first-order chi connectivity index (χ1) is 9.90. The summed E-state index contributed by atoms with van der Waals surface area (Å²) in [6, 6.07) is 4.09. The Hall–Kier alpha value is 0.0500. The van der Waals surface area contributed by atoms with Crippen molar-refractivity contribution in [3.63, 3.8) is 0 Å². The van der Waals surface area contributed by atoms with Crippen LogP contribution in [-0.4, -0.2) is 6.04 Å². The van der Waals surface area contributed by atoms with Crippen molar-refractivity contribution in [2.75, 3.05) is 0 Å². The summed E-state index contributed by atoms with van der Waals surface area (Å²) in [6.07, 6.45) is 3.85. The molecule has 1 saturated carbocycles. The number of hydrogen-bond acceptors (Lipinski definition) is 1. The van der Waals surface area contributed by atoms with Gasteiger partial charge in [-0.1, -0.05) is 62.0 Å². The van der Waals surface area contributed by atoms with Gasteiger partial charge < -0.3 is 5.32 Å². The SMILES string of the molecule is CC1CCC(C(C)C)C(NCc2c(Cl)ccc(Cl)c2Cl)C1. The maximum Gasteiger partial charge on any atom is 0.0652 e. The van der Waals surface area contributed by atoms with E-state index in [0.29, 0.717) is 33.6 Å². The molecule has 1 N–H and O–H groups in total. The maximum atomic E-state index is 6.29. The Morgan fingerprint density at radius 2 is 1.81 bits per heavy atom. The molecule has 0 bridgehead atoms. The molecule has 0 saturated heterocycles. The van der Waals surface area contributed by atoms with Gasteiger partial charge in [0.15, 0.2) is 0 Å². The van der Waals surface area contributed by atoms with E-state index in [0.717, 1.165) is 17.4 Å². The molecular formula is C17H24Cl3N. The summed E-state index contributed by atoms with van der Waals surface area (Å²) in [6.45, 7) is 7.65. The van der Waals surface area contributed by atoms with Crippen molar-refractivity contribution >= 4 is 34.8 Å². The Labute approximate surface area is 143 Å². The van der Waals surface area contributed by atoms with Gasteiger partial charge in [0.25, 0.3) is 0 Å². The molecule has 0 aliphatic heterocycles. The van der Waals surface area contributed by atoms with E-state index in [1.54, 1.807) is 6.07 Å². The first kappa shape index (κ1) is 17.4. The van der Waals surface area contributed by atoms with Crippen LogP contribution in [0.1, 0.15) is 45.6 Å². The van der Waals surface area contributed by atoms with Crippen LogP contribution in [0.25, 0.3) is 0 Å². The molecule has 1 nitrogen and oxygen atoms in total. The summed E-state index contributed by atoms with van der Waals surface area (Å²) in [4.78, 5) is 0. The van der Waals surface area contributed by atoms with Gasteiger partial charge in [-0.15, -0.1) is 0 Å². The van der Waals surface area contributed by atoms with Crippen molar-refractivity contribution < 1.29 is 0 Å². The zero-order valence-corrected chi connectivity index (χ0v) is 15.2. The Balaban J connectivity index is 2.09. The second-order valence-corrected chi connectivity index (χ2v) is 7.83. The first-order valence-electron chi connectivity index (χ1n) is 7.76. The summed E-state index contributed by atoms with van der Waals surface area (Å²) in [5.74, 6) is 2.20. The molecular weight excluding hydrogens is 325 g/mol. The highest BCUT2D eigenvalue weighted by Gasteiger charge is 2.30. The molecule has 1 aromatic carbocycles. The maximum absolute atomic E-state index is 6.29. The molecule has 0 aromatic heterocycles. The number of hydrogen-bond donors (Lipinski definition) is 1.